The number of likely N-dealkylation sites (tertiary alicyclic amines) is 1. The SMILES string of the molecule is CSCC[C@@H](NC(=O)c1ccc(Cl)cc1Cl)C(=O)NC1CCN(Cc2ccccc2)CC1. The van der Waals surface area contributed by atoms with Crippen molar-refractivity contribution in [3.05, 3.63) is 69.7 Å². The molecule has 32 heavy (non-hydrogen) atoms. The number of nitrogens with one attached hydrogen (secondary N) is 2. The number of halogens is 2. The van der Waals surface area contributed by atoms with Crippen LogP contribution in [0.2, 0.25) is 10.0 Å². The van der Waals surface area contributed by atoms with Gasteiger partial charge in [-0.3, -0.25) is 14.5 Å². The molecule has 1 saturated heterocycles. The van der Waals surface area contributed by atoms with Crippen LogP contribution in [0.25, 0.3) is 0 Å². The molecule has 0 unspecified atom stereocenters. The summed E-state index contributed by atoms with van der Waals surface area (Å²) in [6.45, 7) is 2.79. The highest BCUT2D eigenvalue weighted by Gasteiger charge is 2.26. The van der Waals surface area contributed by atoms with E-state index in [4.69, 9.17) is 23.2 Å². The minimum Gasteiger partial charge on any atom is -0.351 e. The van der Waals surface area contributed by atoms with Gasteiger partial charge in [-0.25, -0.2) is 0 Å². The van der Waals surface area contributed by atoms with Gasteiger partial charge >= 0.3 is 0 Å². The molecule has 2 aromatic rings. The fraction of sp³-hybridized carbons (Fsp3) is 0.417. The third-order valence-electron chi connectivity index (χ3n) is 5.59. The maximum Gasteiger partial charge on any atom is 0.253 e. The van der Waals surface area contributed by atoms with Gasteiger partial charge < -0.3 is 10.6 Å². The van der Waals surface area contributed by atoms with Crippen LogP contribution in [-0.2, 0) is 11.3 Å². The van der Waals surface area contributed by atoms with Gasteiger partial charge in [0, 0.05) is 30.7 Å². The first-order chi connectivity index (χ1) is 15.5. The highest BCUT2D eigenvalue weighted by atomic mass is 35.5. The number of hydrogen-bond acceptors (Lipinski definition) is 4. The largest absolute Gasteiger partial charge is 0.351 e. The van der Waals surface area contributed by atoms with Gasteiger partial charge in [0.25, 0.3) is 5.91 Å². The Labute approximate surface area is 204 Å². The Morgan fingerprint density at radius 1 is 1.12 bits per heavy atom. The lowest BCUT2D eigenvalue weighted by molar-refractivity contribution is -0.124. The molecule has 0 radical (unpaired) electrons. The molecule has 0 spiro atoms. The summed E-state index contributed by atoms with van der Waals surface area (Å²) in [5.41, 5.74) is 1.61. The minimum atomic E-state index is -0.607. The van der Waals surface area contributed by atoms with E-state index in [1.165, 1.54) is 11.6 Å². The van der Waals surface area contributed by atoms with Gasteiger partial charge in [-0.15, -0.1) is 0 Å². The van der Waals surface area contributed by atoms with Crippen molar-refractivity contribution in [3.63, 3.8) is 0 Å². The van der Waals surface area contributed by atoms with Crippen molar-refractivity contribution in [2.75, 3.05) is 25.1 Å². The van der Waals surface area contributed by atoms with E-state index in [-0.39, 0.29) is 22.9 Å². The van der Waals surface area contributed by atoms with E-state index in [0.717, 1.165) is 38.2 Å². The van der Waals surface area contributed by atoms with Gasteiger partial charge in [-0.2, -0.15) is 11.8 Å². The molecule has 2 N–H and O–H groups in total. The number of rotatable bonds is 9. The Hall–Kier alpha value is -1.73. The summed E-state index contributed by atoms with van der Waals surface area (Å²) in [6.07, 6.45) is 4.32. The molecule has 8 heteroatoms. The molecular weight excluding hydrogens is 465 g/mol. The van der Waals surface area contributed by atoms with Crippen LogP contribution in [0.15, 0.2) is 48.5 Å². The average Bonchev–Trinajstić information content (AvgIpc) is 2.78. The molecule has 0 aromatic heterocycles. The van der Waals surface area contributed by atoms with Gasteiger partial charge in [0.2, 0.25) is 5.91 Å². The fourth-order valence-corrected chi connectivity index (χ4v) is 4.76. The standard InChI is InChI=1S/C24H29Cl2N3O2S/c1-32-14-11-22(28-23(30)20-8-7-18(25)15-21(20)26)24(31)27-19-9-12-29(13-10-19)16-17-5-3-2-4-6-17/h2-8,15,19,22H,9-14,16H2,1H3,(H,27,31)(H,28,30)/t22-/m1/s1. The van der Waals surface area contributed by atoms with Crippen LogP contribution >= 0.6 is 35.0 Å². The second kappa shape index (κ2) is 12.5. The zero-order valence-electron chi connectivity index (χ0n) is 18.2. The monoisotopic (exact) mass is 493 g/mol. The topological polar surface area (TPSA) is 61.4 Å². The van der Waals surface area contributed by atoms with Gasteiger partial charge in [-0.05, 0) is 55.0 Å². The van der Waals surface area contributed by atoms with Crippen LogP contribution in [0.1, 0.15) is 35.2 Å². The molecule has 0 saturated carbocycles. The average molecular weight is 494 g/mol. The molecular formula is C24H29Cl2N3O2S. The lowest BCUT2D eigenvalue weighted by Crippen LogP contribution is -2.52. The van der Waals surface area contributed by atoms with Gasteiger partial charge in [0.05, 0.1) is 10.6 Å². The first kappa shape index (κ1) is 24.9. The molecule has 0 bridgehead atoms. The van der Waals surface area contributed by atoms with Crippen molar-refractivity contribution in [1.82, 2.24) is 15.5 Å². The third-order valence-corrected chi connectivity index (χ3v) is 6.78. The molecule has 1 aliphatic rings. The Morgan fingerprint density at radius 2 is 1.84 bits per heavy atom. The first-order valence-electron chi connectivity index (χ1n) is 10.8. The molecule has 1 fully saturated rings. The van der Waals surface area contributed by atoms with Crippen LogP contribution in [0, 0.1) is 0 Å². The van der Waals surface area contributed by atoms with E-state index in [1.54, 1.807) is 23.9 Å². The molecule has 3 rings (SSSR count). The normalized spacial score (nSPS) is 15.8. The maximum absolute atomic E-state index is 13.0. The van der Waals surface area contributed by atoms with Crippen LogP contribution in [0.5, 0.6) is 0 Å². The Morgan fingerprint density at radius 3 is 2.50 bits per heavy atom. The first-order valence-corrected chi connectivity index (χ1v) is 12.9. The molecule has 1 aliphatic heterocycles. The summed E-state index contributed by atoms with van der Waals surface area (Å²) in [5.74, 6) is 0.256. The van der Waals surface area contributed by atoms with E-state index >= 15 is 0 Å². The molecule has 0 aliphatic carbocycles. The van der Waals surface area contributed by atoms with E-state index < -0.39 is 6.04 Å². The highest BCUT2D eigenvalue weighted by Crippen LogP contribution is 2.21. The zero-order chi connectivity index (χ0) is 22.9. The van der Waals surface area contributed by atoms with Crippen molar-refractivity contribution >= 4 is 46.8 Å². The summed E-state index contributed by atoms with van der Waals surface area (Å²) in [7, 11) is 0. The van der Waals surface area contributed by atoms with Crippen molar-refractivity contribution in [3.8, 4) is 0 Å². The smallest absolute Gasteiger partial charge is 0.253 e. The van der Waals surface area contributed by atoms with Crippen molar-refractivity contribution in [2.24, 2.45) is 0 Å². The predicted molar refractivity (Wildman–Crippen MR) is 134 cm³/mol. The highest BCUT2D eigenvalue weighted by molar-refractivity contribution is 7.98. The lowest BCUT2D eigenvalue weighted by Gasteiger charge is -2.33. The number of thioether (sulfide) groups is 1. The molecule has 2 aromatic carbocycles. The summed E-state index contributed by atoms with van der Waals surface area (Å²) in [5, 5.41) is 6.73. The predicted octanol–water partition coefficient (Wildman–Crippen LogP) is 4.63. The minimum absolute atomic E-state index is 0.113. The third kappa shape index (κ3) is 7.41. The number of benzene rings is 2. The number of hydrogen-bond donors (Lipinski definition) is 2. The van der Waals surface area contributed by atoms with Crippen molar-refractivity contribution in [1.29, 1.82) is 0 Å². The number of carbonyl (C=O) groups is 2. The van der Waals surface area contributed by atoms with Crippen molar-refractivity contribution in [2.45, 2.75) is 37.9 Å². The van der Waals surface area contributed by atoms with E-state index in [9.17, 15) is 9.59 Å². The number of carbonyl (C=O) groups excluding carboxylic acids is 2. The van der Waals surface area contributed by atoms with E-state index in [1.807, 2.05) is 12.3 Å². The summed E-state index contributed by atoms with van der Waals surface area (Å²) in [4.78, 5) is 28.1. The zero-order valence-corrected chi connectivity index (χ0v) is 20.5. The molecule has 1 atom stereocenters. The Kier molecular flexibility index (Phi) is 9.72. The summed E-state index contributed by atoms with van der Waals surface area (Å²) in [6, 6.07) is 14.6. The van der Waals surface area contributed by atoms with Crippen LogP contribution in [-0.4, -0.2) is 53.9 Å². The van der Waals surface area contributed by atoms with E-state index in [2.05, 4.69) is 39.8 Å². The summed E-state index contributed by atoms with van der Waals surface area (Å²) < 4.78 is 0. The molecule has 172 valence electrons. The maximum atomic E-state index is 13.0. The molecule has 1 heterocycles. The van der Waals surface area contributed by atoms with Crippen molar-refractivity contribution < 1.29 is 9.59 Å². The van der Waals surface area contributed by atoms with Crippen LogP contribution in [0.3, 0.4) is 0 Å². The quantitative estimate of drug-likeness (QED) is 0.534. The second-order valence-electron chi connectivity index (χ2n) is 7.98. The molecule has 5 nitrogen and oxygen atoms in total. The summed E-state index contributed by atoms with van der Waals surface area (Å²) >= 11 is 13.7. The van der Waals surface area contributed by atoms with Crippen LogP contribution in [0.4, 0.5) is 0 Å². The lowest BCUT2D eigenvalue weighted by atomic mass is 10.0. The van der Waals surface area contributed by atoms with Gasteiger partial charge in [0.15, 0.2) is 0 Å². The van der Waals surface area contributed by atoms with E-state index in [0.29, 0.717) is 17.0 Å². The Balaban J connectivity index is 1.53. The Bertz CT molecular complexity index is 905. The molecule has 2 amide bonds. The number of nitrogens with zero attached hydrogens (tertiary/aromatic N) is 1. The number of piperidine rings is 1. The van der Waals surface area contributed by atoms with Gasteiger partial charge in [-0.1, -0.05) is 53.5 Å². The van der Waals surface area contributed by atoms with Crippen LogP contribution < -0.4 is 10.6 Å². The second-order valence-corrected chi connectivity index (χ2v) is 9.81. The number of amides is 2. The van der Waals surface area contributed by atoms with Gasteiger partial charge in [0.1, 0.15) is 6.04 Å². The fourth-order valence-electron chi connectivity index (χ4n) is 3.79.